The summed E-state index contributed by atoms with van der Waals surface area (Å²) >= 11 is 0. The first kappa shape index (κ1) is 19.3. The summed E-state index contributed by atoms with van der Waals surface area (Å²) in [6, 6.07) is 0.328. The Morgan fingerprint density at radius 1 is 0.917 bits per heavy atom. The molecule has 24 heavy (non-hydrogen) atoms. The third kappa shape index (κ3) is 4.97. The van der Waals surface area contributed by atoms with Crippen LogP contribution in [0.5, 0.6) is 0 Å². The maximum atomic E-state index is 12.2. The molecule has 4 heteroatoms. The molecule has 2 aliphatic rings. The molecule has 0 aromatic rings. The van der Waals surface area contributed by atoms with E-state index in [1.54, 1.807) is 0 Å². The molecular weight excluding hydrogens is 300 g/mol. The topological polar surface area (TPSA) is 58.2 Å². The minimum absolute atomic E-state index is 0.163. The molecule has 4 nitrogen and oxygen atoms in total. The first-order valence-corrected chi connectivity index (χ1v) is 9.95. The van der Waals surface area contributed by atoms with Crippen LogP contribution in [0.15, 0.2) is 0 Å². The van der Waals surface area contributed by atoms with Gasteiger partial charge in [0.2, 0.25) is 0 Å². The van der Waals surface area contributed by atoms with E-state index in [2.05, 4.69) is 38.3 Å². The molecule has 2 rings (SSSR count). The number of hydrogen-bond donors (Lipinski definition) is 2. The number of carbonyl (C=O) groups is 2. The van der Waals surface area contributed by atoms with E-state index in [1.165, 1.54) is 12.8 Å². The first-order chi connectivity index (χ1) is 11.3. The molecule has 0 heterocycles. The van der Waals surface area contributed by atoms with Crippen molar-refractivity contribution in [3.05, 3.63) is 0 Å². The number of hydrogen-bond acceptors (Lipinski definition) is 2. The van der Waals surface area contributed by atoms with E-state index in [-0.39, 0.29) is 12.1 Å². The van der Waals surface area contributed by atoms with E-state index in [0.717, 1.165) is 50.9 Å². The Labute approximate surface area is 147 Å². The van der Waals surface area contributed by atoms with Crippen LogP contribution >= 0.6 is 0 Å². The van der Waals surface area contributed by atoms with E-state index in [0.29, 0.717) is 11.3 Å². The van der Waals surface area contributed by atoms with E-state index < -0.39 is 11.8 Å². The molecule has 2 N–H and O–H groups in total. The zero-order valence-electron chi connectivity index (χ0n) is 16.0. The van der Waals surface area contributed by atoms with E-state index in [1.807, 2.05) is 0 Å². The summed E-state index contributed by atoms with van der Waals surface area (Å²) in [5.74, 6) is 0.325. The molecule has 2 atom stereocenters. The maximum Gasteiger partial charge on any atom is 0.309 e. The largest absolute Gasteiger partial charge is 0.345 e. The van der Waals surface area contributed by atoms with E-state index >= 15 is 0 Å². The molecule has 2 fully saturated rings. The third-order valence-corrected chi connectivity index (χ3v) is 6.71. The fourth-order valence-corrected chi connectivity index (χ4v) is 4.32. The molecule has 0 saturated heterocycles. The number of nitrogens with one attached hydrogen (secondary N) is 2. The molecule has 0 aliphatic heterocycles. The van der Waals surface area contributed by atoms with Gasteiger partial charge in [-0.2, -0.15) is 0 Å². The summed E-state index contributed by atoms with van der Waals surface area (Å²) in [7, 11) is 0. The fourth-order valence-electron chi connectivity index (χ4n) is 4.32. The standard InChI is InChI=1S/C20H36N2O2/c1-5-20(3,4)15-10-12-16(13-11-15)21-18(23)19(24)22-17-9-7-6-8-14(17)2/h14-17H,5-13H2,1-4H3,(H,21,23)(H,22,24)/t14-,15?,16?,17-/m0/s1. The molecule has 0 spiro atoms. The van der Waals surface area contributed by atoms with Crippen LogP contribution in [0.2, 0.25) is 0 Å². The number of carbonyl (C=O) groups excluding carboxylic acids is 2. The van der Waals surface area contributed by atoms with Crippen molar-refractivity contribution < 1.29 is 9.59 Å². The van der Waals surface area contributed by atoms with Crippen LogP contribution in [0.3, 0.4) is 0 Å². The van der Waals surface area contributed by atoms with Crippen LogP contribution in [-0.4, -0.2) is 23.9 Å². The van der Waals surface area contributed by atoms with Gasteiger partial charge in [-0.05, 0) is 55.8 Å². The highest BCUT2D eigenvalue weighted by atomic mass is 16.2. The zero-order valence-corrected chi connectivity index (χ0v) is 16.0. The lowest BCUT2D eigenvalue weighted by molar-refractivity contribution is -0.140. The van der Waals surface area contributed by atoms with Crippen molar-refractivity contribution in [3.8, 4) is 0 Å². The molecule has 2 saturated carbocycles. The lowest BCUT2D eigenvalue weighted by Gasteiger charge is -2.39. The van der Waals surface area contributed by atoms with Crippen LogP contribution in [0, 0.1) is 17.3 Å². The van der Waals surface area contributed by atoms with Gasteiger partial charge in [-0.1, -0.05) is 47.0 Å². The molecule has 138 valence electrons. The van der Waals surface area contributed by atoms with Crippen molar-refractivity contribution in [1.82, 2.24) is 10.6 Å². The van der Waals surface area contributed by atoms with Gasteiger partial charge < -0.3 is 10.6 Å². The highest BCUT2D eigenvalue weighted by molar-refractivity contribution is 6.35. The quantitative estimate of drug-likeness (QED) is 0.767. The van der Waals surface area contributed by atoms with Crippen molar-refractivity contribution >= 4 is 11.8 Å². The summed E-state index contributed by atoms with van der Waals surface area (Å²) in [4.78, 5) is 24.4. The average Bonchev–Trinajstić information content (AvgIpc) is 2.57. The van der Waals surface area contributed by atoms with Crippen LogP contribution < -0.4 is 10.6 Å². The highest BCUT2D eigenvalue weighted by Gasteiger charge is 2.33. The second kappa shape index (κ2) is 8.35. The van der Waals surface area contributed by atoms with Crippen molar-refractivity contribution in [2.75, 3.05) is 0 Å². The zero-order chi connectivity index (χ0) is 17.7. The minimum atomic E-state index is -0.440. The normalized spacial score (nSPS) is 31.3. The lowest BCUT2D eigenvalue weighted by atomic mass is 9.69. The van der Waals surface area contributed by atoms with Gasteiger partial charge in [0.15, 0.2) is 0 Å². The fraction of sp³-hybridized carbons (Fsp3) is 0.900. The second-order valence-corrected chi connectivity index (χ2v) is 8.71. The smallest absolute Gasteiger partial charge is 0.309 e. The summed E-state index contributed by atoms with van der Waals surface area (Å²) in [5, 5.41) is 5.91. The van der Waals surface area contributed by atoms with Crippen molar-refractivity contribution in [2.45, 2.75) is 97.6 Å². The number of rotatable bonds is 4. The predicted octanol–water partition coefficient (Wildman–Crippen LogP) is 3.79. The summed E-state index contributed by atoms with van der Waals surface area (Å²) in [6.45, 7) is 9.11. The van der Waals surface area contributed by atoms with Crippen LogP contribution in [0.25, 0.3) is 0 Å². The monoisotopic (exact) mass is 336 g/mol. The Hall–Kier alpha value is -1.06. The molecule has 0 aromatic heterocycles. The van der Waals surface area contributed by atoms with Crippen molar-refractivity contribution in [3.63, 3.8) is 0 Å². The van der Waals surface area contributed by atoms with Gasteiger partial charge in [-0.25, -0.2) is 0 Å². The van der Waals surface area contributed by atoms with E-state index in [9.17, 15) is 9.59 Å². The highest BCUT2D eigenvalue weighted by Crippen LogP contribution is 2.40. The SMILES string of the molecule is CCC(C)(C)C1CCC(NC(=O)C(=O)N[C@H]2CCCC[C@@H]2C)CC1. The van der Waals surface area contributed by atoms with Crippen LogP contribution in [0.1, 0.15) is 85.5 Å². The number of amides is 2. The van der Waals surface area contributed by atoms with Gasteiger partial charge >= 0.3 is 11.8 Å². The van der Waals surface area contributed by atoms with Gasteiger partial charge in [0, 0.05) is 12.1 Å². The minimum Gasteiger partial charge on any atom is -0.345 e. The first-order valence-electron chi connectivity index (χ1n) is 9.95. The third-order valence-electron chi connectivity index (χ3n) is 6.71. The van der Waals surface area contributed by atoms with Crippen molar-refractivity contribution in [1.29, 1.82) is 0 Å². The molecule has 2 amide bonds. The van der Waals surface area contributed by atoms with Crippen molar-refractivity contribution in [2.24, 2.45) is 17.3 Å². The second-order valence-electron chi connectivity index (χ2n) is 8.71. The molecule has 0 aromatic carbocycles. The van der Waals surface area contributed by atoms with Gasteiger partial charge in [0.25, 0.3) is 0 Å². The summed E-state index contributed by atoms with van der Waals surface area (Å²) < 4.78 is 0. The molecular formula is C20H36N2O2. The molecule has 0 unspecified atom stereocenters. The van der Waals surface area contributed by atoms with Gasteiger partial charge in [0.1, 0.15) is 0 Å². The summed E-state index contributed by atoms with van der Waals surface area (Å²) in [5.41, 5.74) is 0.378. The maximum absolute atomic E-state index is 12.2. The summed E-state index contributed by atoms with van der Waals surface area (Å²) in [6.07, 6.45) is 9.99. The predicted molar refractivity (Wildman–Crippen MR) is 97.5 cm³/mol. The van der Waals surface area contributed by atoms with Gasteiger partial charge in [-0.15, -0.1) is 0 Å². The average molecular weight is 337 g/mol. The Bertz CT molecular complexity index is 439. The van der Waals surface area contributed by atoms with E-state index in [4.69, 9.17) is 0 Å². The Balaban J connectivity index is 1.75. The molecule has 0 radical (unpaired) electrons. The van der Waals surface area contributed by atoms with Crippen LogP contribution in [0.4, 0.5) is 0 Å². The molecule has 2 aliphatic carbocycles. The molecule has 0 bridgehead atoms. The van der Waals surface area contributed by atoms with Gasteiger partial charge in [-0.3, -0.25) is 9.59 Å². The Morgan fingerprint density at radius 3 is 2.08 bits per heavy atom. The van der Waals surface area contributed by atoms with Crippen LogP contribution in [-0.2, 0) is 9.59 Å². The Kier molecular flexibility index (Phi) is 6.70. The Morgan fingerprint density at radius 2 is 1.50 bits per heavy atom. The van der Waals surface area contributed by atoms with Gasteiger partial charge in [0.05, 0.1) is 0 Å². The lowest BCUT2D eigenvalue weighted by Crippen LogP contribution is -2.50.